The van der Waals surface area contributed by atoms with Crippen LogP contribution in [0.25, 0.3) is 0 Å². The number of carbonyl (C=O) groups excluding carboxylic acids is 1. The molecule has 0 saturated carbocycles. The molecule has 3 atom stereocenters. The maximum absolute atomic E-state index is 12.6. The Morgan fingerprint density at radius 3 is 2.83 bits per heavy atom. The van der Waals surface area contributed by atoms with Gasteiger partial charge in [-0.15, -0.1) is 0 Å². The van der Waals surface area contributed by atoms with Gasteiger partial charge in [-0.2, -0.15) is 0 Å². The number of amides is 1. The Morgan fingerprint density at radius 1 is 1.50 bits per heavy atom. The molecule has 2 saturated heterocycles. The Kier molecular flexibility index (Phi) is 4.28. The van der Waals surface area contributed by atoms with Crippen molar-refractivity contribution < 1.29 is 9.53 Å². The van der Waals surface area contributed by atoms with E-state index in [9.17, 15) is 4.79 Å². The minimum atomic E-state index is -0.207. The summed E-state index contributed by atoms with van der Waals surface area (Å²) < 4.78 is 5.52. The van der Waals surface area contributed by atoms with E-state index >= 15 is 0 Å². The van der Waals surface area contributed by atoms with E-state index in [0.717, 1.165) is 39.0 Å². The fourth-order valence-electron chi connectivity index (χ4n) is 3.12. The second-order valence-corrected chi connectivity index (χ2v) is 6.11. The molecule has 18 heavy (non-hydrogen) atoms. The third kappa shape index (κ3) is 2.69. The quantitative estimate of drug-likeness (QED) is 0.798. The summed E-state index contributed by atoms with van der Waals surface area (Å²) in [6, 6.07) is 0.289. The number of ether oxygens (including phenoxy) is 1. The monoisotopic (exact) mass is 254 g/mol. The molecule has 2 rings (SSSR count). The molecule has 4 heteroatoms. The number of carbonyl (C=O) groups is 1. The molecule has 0 aromatic carbocycles. The smallest absolute Gasteiger partial charge is 0.228 e. The zero-order valence-corrected chi connectivity index (χ0v) is 11.8. The SMILES string of the molecule is CC1CC(NC(=O)C2(C(C)C)CCNC2)CCO1. The largest absolute Gasteiger partial charge is 0.378 e. The fourth-order valence-corrected chi connectivity index (χ4v) is 3.12. The van der Waals surface area contributed by atoms with Crippen molar-refractivity contribution in [3.05, 3.63) is 0 Å². The van der Waals surface area contributed by atoms with E-state index in [1.807, 2.05) is 0 Å². The molecule has 4 nitrogen and oxygen atoms in total. The van der Waals surface area contributed by atoms with Crippen LogP contribution in [0.3, 0.4) is 0 Å². The van der Waals surface area contributed by atoms with Crippen LogP contribution in [0, 0.1) is 11.3 Å². The zero-order valence-electron chi connectivity index (χ0n) is 11.8. The average Bonchev–Trinajstić information content (AvgIpc) is 2.79. The van der Waals surface area contributed by atoms with Gasteiger partial charge in [0, 0.05) is 19.2 Å². The highest BCUT2D eigenvalue weighted by molar-refractivity contribution is 5.83. The maximum atomic E-state index is 12.6. The van der Waals surface area contributed by atoms with Crippen LogP contribution in [-0.2, 0) is 9.53 Å². The normalized spacial score (nSPS) is 36.9. The molecule has 0 aromatic rings. The van der Waals surface area contributed by atoms with Crippen molar-refractivity contribution in [3.8, 4) is 0 Å². The van der Waals surface area contributed by atoms with Crippen LogP contribution < -0.4 is 10.6 Å². The van der Waals surface area contributed by atoms with E-state index in [2.05, 4.69) is 31.4 Å². The lowest BCUT2D eigenvalue weighted by molar-refractivity contribution is -0.134. The minimum Gasteiger partial charge on any atom is -0.378 e. The molecule has 0 spiro atoms. The summed E-state index contributed by atoms with van der Waals surface area (Å²) in [5, 5.41) is 6.59. The van der Waals surface area contributed by atoms with Crippen molar-refractivity contribution in [2.75, 3.05) is 19.7 Å². The van der Waals surface area contributed by atoms with E-state index < -0.39 is 0 Å². The van der Waals surface area contributed by atoms with Gasteiger partial charge < -0.3 is 15.4 Å². The Hall–Kier alpha value is -0.610. The molecule has 2 aliphatic heterocycles. The molecular formula is C14H26N2O2. The van der Waals surface area contributed by atoms with Crippen LogP contribution in [0.5, 0.6) is 0 Å². The zero-order chi connectivity index (χ0) is 13.2. The van der Waals surface area contributed by atoms with Gasteiger partial charge in [0.05, 0.1) is 11.5 Å². The molecule has 3 unspecified atom stereocenters. The molecule has 0 aliphatic carbocycles. The van der Waals surface area contributed by atoms with Crippen LogP contribution in [0.15, 0.2) is 0 Å². The highest BCUT2D eigenvalue weighted by Gasteiger charge is 2.44. The first-order valence-electron chi connectivity index (χ1n) is 7.18. The highest BCUT2D eigenvalue weighted by atomic mass is 16.5. The topological polar surface area (TPSA) is 50.4 Å². The van der Waals surface area contributed by atoms with Crippen LogP contribution in [0.1, 0.15) is 40.0 Å². The molecular weight excluding hydrogens is 228 g/mol. The van der Waals surface area contributed by atoms with Gasteiger partial charge in [-0.3, -0.25) is 4.79 Å². The van der Waals surface area contributed by atoms with Crippen molar-refractivity contribution in [2.45, 2.75) is 52.2 Å². The second kappa shape index (κ2) is 5.57. The summed E-state index contributed by atoms with van der Waals surface area (Å²) in [5.41, 5.74) is -0.207. The van der Waals surface area contributed by atoms with E-state index in [1.54, 1.807) is 0 Å². The minimum absolute atomic E-state index is 0.207. The standard InChI is InChI=1S/C14H26N2O2/c1-10(2)14(5-6-15-9-14)13(17)16-12-4-7-18-11(3)8-12/h10-12,15H,4-9H2,1-3H3,(H,16,17). The highest BCUT2D eigenvalue weighted by Crippen LogP contribution is 2.34. The van der Waals surface area contributed by atoms with Gasteiger partial charge in [-0.25, -0.2) is 0 Å². The molecule has 2 aliphatic rings. The molecule has 1 amide bonds. The first-order valence-corrected chi connectivity index (χ1v) is 7.18. The van der Waals surface area contributed by atoms with Gasteiger partial charge in [0.15, 0.2) is 0 Å². The molecule has 0 radical (unpaired) electrons. The van der Waals surface area contributed by atoms with E-state index in [1.165, 1.54) is 0 Å². The van der Waals surface area contributed by atoms with Gasteiger partial charge in [-0.1, -0.05) is 13.8 Å². The summed E-state index contributed by atoms with van der Waals surface area (Å²) >= 11 is 0. The van der Waals surface area contributed by atoms with Crippen LogP contribution in [-0.4, -0.2) is 37.7 Å². The number of hydrogen-bond acceptors (Lipinski definition) is 3. The van der Waals surface area contributed by atoms with Crippen molar-refractivity contribution in [1.82, 2.24) is 10.6 Å². The van der Waals surface area contributed by atoms with Crippen LogP contribution in [0.2, 0.25) is 0 Å². The third-order valence-electron chi connectivity index (χ3n) is 4.57. The number of hydrogen-bond donors (Lipinski definition) is 2. The van der Waals surface area contributed by atoms with Crippen LogP contribution >= 0.6 is 0 Å². The summed E-state index contributed by atoms with van der Waals surface area (Å²) in [6.45, 7) is 8.91. The van der Waals surface area contributed by atoms with Gasteiger partial charge in [0.1, 0.15) is 0 Å². The second-order valence-electron chi connectivity index (χ2n) is 6.11. The van der Waals surface area contributed by atoms with Gasteiger partial charge in [0.2, 0.25) is 5.91 Å². The first kappa shape index (κ1) is 13.8. The summed E-state index contributed by atoms with van der Waals surface area (Å²) in [5.74, 6) is 0.617. The predicted molar refractivity (Wildman–Crippen MR) is 71.3 cm³/mol. The van der Waals surface area contributed by atoms with Gasteiger partial charge >= 0.3 is 0 Å². The molecule has 2 fully saturated rings. The van der Waals surface area contributed by atoms with Crippen molar-refractivity contribution in [2.24, 2.45) is 11.3 Å². The fraction of sp³-hybridized carbons (Fsp3) is 0.929. The molecule has 2 heterocycles. The predicted octanol–water partition coefficient (Wildman–Crippen LogP) is 1.31. The molecule has 0 bridgehead atoms. The van der Waals surface area contributed by atoms with E-state index in [-0.39, 0.29) is 23.5 Å². The average molecular weight is 254 g/mol. The number of rotatable bonds is 3. The van der Waals surface area contributed by atoms with E-state index in [0.29, 0.717) is 5.92 Å². The summed E-state index contributed by atoms with van der Waals surface area (Å²) in [6.07, 6.45) is 3.10. The van der Waals surface area contributed by atoms with Gasteiger partial charge in [-0.05, 0) is 38.6 Å². The van der Waals surface area contributed by atoms with Crippen LogP contribution in [0.4, 0.5) is 0 Å². The summed E-state index contributed by atoms with van der Waals surface area (Å²) in [4.78, 5) is 12.6. The maximum Gasteiger partial charge on any atom is 0.228 e. The molecule has 2 N–H and O–H groups in total. The Bertz CT molecular complexity index is 298. The Labute approximate surface area is 110 Å². The Balaban J connectivity index is 1.97. The third-order valence-corrected chi connectivity index (χ3v) is 4.57. The Morgan fingerprint density at radius 2 is 2.28 bits per heavy atom. The van der Waals surface area contributed by atoms with Crippen molar-refractivity contribution in [1.29, 1.82) is 0 Å². The number of nitrogens with one attached hydrogen (secondary N) is 2. The van der Waals surface area contributed by atoms with Crippen molar-refractivity contribution >= 4 is 5.91 Å². The van der Waals surface area contributed by atoms with E-state index in [4.69, 9.17) is 4.74 Å². The molecule has 104 valence electrons. The lowest BCUT2D eigenvalue weighted by atomic mass is 9.75. The summed E-state index contributed by atoms with van der Waals surface area (Å²) in [7, 11) is 0. The van der Waals surface area contributed by atoms with Gasteiger partial charge in [0.25, 0.3) is 0 Å². The lowest BCUT2D eigenvalue weighted by Gasteiger charge is -2.35. The van der Waals surface area contributed by atoms with Crippen molar-refractivity contribution in [3.63, 3.8) is 0 Å². The first-order chi connectivity index (χ1) is 8.54. The lowest BCUT2D eigenvalue weighted by Crippen LogP contribution is -2.51. The molecule has 0 aromatic heterocycles.